The van der Waals surface area contributed by atoms with Crippen molar-refractivity contribution in [1.29, 1.82) is 0 Å². The first-order valence-corrected chi connectivity index (χ1v) is 8.63. The fourth-order valence-electron chi connectivity index (χ4n) is 2.73. The first-order valence-electron chi connectivity index (χ1n) is 8.63. The van der Waals surface area contributed by atoms with Crippen LogP contribution in [-0.2, 0) is 9.59 Å². The second kappa shape index (κ2) is 7.91. The number of rotatable bonds is 6. The zero-order valence-corrected chi connectivity index (χ0v) is 15.0. The SMILES string of the molecule is CCC(=O)Nc1ccc2c(c1)N(CCOc1cccc(C)c1)C(=O)CO2. The number of fused-ring (bicyclic) bond motifs is 1. The highest BCUT2D eigenvalue weighted by Crippen LogP contribution is 2.34. The predicted molar refractivity (Wildman–Crippen MR) is 99.9 cm³/mol. The molecule has 0 saturated carbocycles. The maximum atomic E-state index is 12.3. The van der Waals surface area contributed by atoms with Crippen molar-refractivity contribution in [3.05, 3.63) is 48.0 Å². The predicted octanol–water partition coefficient (Wildman–Crippen LogP) is 3.15. The number of carbonyl (C=O) groups excluding carboxylic acids is 2. The first kappa shape index (κ1) is 17.8. The summed E-state index contributed by atoms with van der Waals surface area (Å²) >= 11 is 0. The van der Waals surface area contributed by atoms with Gasteiger partial charge in [0.25, 0.3) is 5.91 Å². The molecule has 1 heterocycles. The summed E-state index contributed by atoms with van der Waals surface area (Å²) in [4.78, 5) is 25.5. The van der Waals surface area contributed by atoms with Crippen molar-refractivity contribution in [2.75, 3.05) is 30.0 Å². The van der Waals surface area contributed by atoms with E-state index in [1.807, 2.05) is 31.2 Å². The van der Waals surface area contributed by atoms with Crippen LogP contribution in [0.25, 0.3) is 0 Å². The summed E-state index contributed by atoms with van der Waals surface area (Å²) in [6, 6.07) is 13.1. The van der Waals surface area contributed by atoms with Crippen LogP contribution in [-0.4, -0.2) is 31.6 Å². The molecule has 0 aliphatic carbocycles. The highest BCUT2D eigenvalue weighted by Gasteiger charge is 2.25. The van der Waals surface area contributed by atoms with Crippen molar-refractivity contribution in [3.63, 3.8) is 0 Å². The van der Waals surface area contributed by atoms with Gasteiger partial charge >= 0.3 is 0 Å². The molecule has 0 fully saturated rings. The lowest BCUT2D eigenvalue weighted by Gasteiger charge is -2.29. The van der Waals surface area contributed by atoms with Crippen LogP contribution >= 0.6 is 0 Å². The van der Waals surface area contributed by atoms with Crippen molar-refractivity contribution in [1.82, 2.24) is 0 Å². The van der Waals surface area contributed by atoms with E-state index in [1.54, 1.807) is 30.0 Å². The highest BCUT2D eigenvalue weighted by molar-refractivity contribution is 5.99. The standard InChI is InChI=1S/C20H22N2O4/c1-3-19(23)21-15-7-8-18-17(12-15)22(20(24)13-26-18)9-10-25-16-6-4-5-14(2)11-16/h4-8,11-12H,3,9-10,13H2,1-2H3,(H,21,23). The fourth-order valence-corrected chi connectivity index (χ4v) is 2.73. The van der Waals surface area contributed by atoms with E-state index in [2.05, 4.69) is 5.32 Å². The van der Waals surface area contributed by atoms with E-state index in [0.717, 1.165) is 11.3 Å². The topological polar surface area (TPSA) is 67.9 Å². The molecule has 6 nitrogen and oxygen atoms in total. The van der Waals surface area contributed by atoms with Gasteiger partial charge in [0.1, 0.15) is 18.1 Å². The Morgan fingerprint density at radius 1 is 1.27 bits per heavy atom. The molecule has 0 spiro atoms. The Morgan fingerprint density at radius 2 is 2.12 bits per heavy atom. The van der Waals surface area contributed by atoms with Gasteiger partial charge < -0.3 is 19.7 Å². The van der Waals surface area contributed by atoms with Crippen molar-refractivity contribution in [2.24, 2.45) is 0 Å². The number of ether oxygens (including phenoxy) is 2. The van der Waals surface area contributed by atoms with Gasteiger partial charge in [-0.15, -0.1) is 0 Å². The lowest BCUT2D eigenvalue weighted by atomic mass is 10.2. The number of benzene rings is 2. The van der Waals surface area contributed by atoms with Gasteiger partial charge in [0.2, 0.25) is 5.91 Å². The lowest BCUT2D eigenvalue weighted by molar-refractivity contribution is -0.121. The Balaban J connectivity index is 1.72. The first-order chi connectivity index (χ1) is 12.6. The van der Waals surface area contributed by atoms with Crippen LogP contribution in [0.2, 0.25) is 0 Å². The van der Waals surface area contributed by atoms with Crippen LogP contribution in [0, 0.1) is 6.92 Å². The van der Waals surface area contributed by atoms with E-state index in [-0.39, 0.29) is 18.4 Å². The number of anilines is 2. The molecule has 2 aromatic rings. The molecule has 0 radical (unpaired) electrons. The molecule has 1 N–H and O–H groups in total. The highest BCUT2D eigenvalue weighted by atomic mass is 16.5. The summed E-state index contributed by atoms with van der Waals surface area (Å²) in [7, 11) is 0. The summed E-state index contributed by atoms with van der Waals surface area (Å²) in [5, 5.41) is 2.80. The third kappa shape index (κ3) is 4.14. The number of aryl methyl sites for hydroxylation is 1. The molecule has 2 amide bonds. The third-order valence-electron chi connectivity index (χ3n) is 4.08. The van der Waals surface area contributed by atoms with Crippen LogP contribution in [0.4, 0.5) is 11.4 Å². The van der Waals surface area contributed by atoms with Crippen LogP contribution < -0.4 is 19.7 Å². The Morgan fingerprint density at radius 3 is 2.88 bits per heavy atom. The second-order valence-electron chi connectivity index (χ2n) is 6.08. The average molecular weight is 354 g/mol. The van der Waals surface area contributed by atoms with Crippen molar-refractivity contribution in [3.8, 4) is 11.5 Å². The molecule has 3 rings (SSSR count). The summed E-state index contributed by atoms with van der Waals surface area (Å²) in [6.45, 7) is 4.54. The normalized spacial score (nSPS) is 13.0. The van der Waals surface area contributed by atoms with E-state index in [4.69, 9.17) is 9.47 Å². The van der Waals surface area contributed by atoms with E-state index in [1.165, 1.54) is 0 Å². The van der Waals surface area contributed by atoms with Gasteiger partial charge in [0.15, 0.2) is 6.61 Å². The van der Waals surface area contributed by atoms with Crippen molar-refractivity contribution >= 4 is 23.2 Å². The zero-order valence-electron chi connectivity index (χ0n) is 15.0. The van der Waals surface area contributed by atoms with E-state index >= 15 is 0 Å². The smallest absolute Gasteiger partial charge is 0.265 e. The Kier molecular flexibility index (Phi) is 5.41. The number of nitrogens with zero attached hydrogens (tertiary/aromatic N) is 1. The van der Waals surface area contributed by atoms with E-state index in [9.17, 15) is 9.59 Å². The number of hydrogen-bond donors (Lipinski definition) is 1. The molecule has 0 unspecified atom stereocenters. The molecule has 0 bridgehead atoms. The maximum Gasteiger partial charge on any atom is 0.265 e. The Labute approximate surface area is 152 Å². The monoisotopic (exact) mass is 354 g/mol. The quantitative estimate of drug-likeness (QED) is 0.865. The second-order valence-corrected chi connectivity index (χ2v) is 6.08. The summed E-state index contributed by atoms with van der Waals surface area (Å²) in [5.41, 5.74) is 2.40. The van der Waals surface area contributed by atoms with Crippen LogP contribution in [0.15, 0.2) is 42.5 Å². The molecule has 1 aliphatic heterocycles. The zero-order chi connectivity index (χ0) is 18.5. The maximum absolute atomic E-state index is 12.3. The number of hydrogen-bond acceptors (Lipinski definition) is 4. The van der Waals surface area contributed by atoms with Gasteiger partial charge in [0.05, 0.1) is 12.2 Å². The third-order valence-corrected chi connectivity index (χ3v) is 4.08. The van der Waals surface area contributed by atoms with Gasteiger partial charge in [-0.05, 0) is 42.8 Å². The van der Waals surface area contributed by atoms with E-state index < -0.39 is 0 Å². The molecule has 0 aromatic heterocycles. The van der Waals surface area contributed by atoms with Gasteiger partial charge in [-0.1, -0.05) is 19.1 Å². The number of amides is 2. The Bertz CT molecular complexity index is 819. The molecule has 1 aliphatic rings. The molecule has 26 heavy (non-hydrogen) atoms. The lowest BCUT2D eigenvalue weighted by Crippen LogP contribution is -2.41. The number of carbonyl (C=O) groups is 2. The van der Waals surface area contributed by atoms with Gasteiger partial charge in [-0.2, -0.15) is 0 Å². The molecular formula is C20H22N2O4. The Hall–Kier alpha value is -3.02. The largest absolute Gasteiger partial charge is 0.492 e. The fraction of sp³-hybridized carbons (Fsp3) is 0.300. The van der Waals surface area contributed by atoms with Crippen LogP contribution in [0.3, 0.4) is 0 Å². The van der Waals surface area contributed by atoms with E-state index in [0.29, 0.717) is 36.7 Å². The molecule has 0 atom stereocenters. The molecule has 136 valence electrons. The molecule has 0 saturated heterocycles. The van der Waals surface area contributed by atoms with Gasteiger partial charge in [0, 0.05) is 12.1 Å². The molecule has 6 heteroatoms. The minimum Gasteiger partial charge on any atom is -0.492 e. The summed E-state index contributed by atoms with van der Waals surface area (Å²) in [5.74, 6) is 1.18. The van der Waals surface area contributed by atoms with Crippen LogP contribution in [0.5, 0.6) is 11.5 Å². The summed E-state index contributed by atoms with van der Waals surface area (Å²) in [6.07, 6.45) is 0.389. The average Bonchev–Trinajstić information content (AvgIpc) is 2.63. The minimum absolute atomic E-state index is 0.00187. The summed E-state index contributed by atoms with van der Waals surface area (Å²) < 4.78 is 11.2. The van der Waals surface area contributed by atoms with Crippen LogP contribution in [0.1, 0.15) is 18.9 Å². The van der Waals surface area contributed by atoms with Gasteiger partial charge in [-0.3, -0.25) is 9.59 Å². The molecule has 2 aromatic carbocycles. The van der Waals surface area contributed by atoms with Crippen molar-refractivity contribution in [2.45, 2.75) is 20.3 Å². The van der Waals surface area contributed by atoms with Crippen molar-refractivity contribution < 1.29 is 19.1 Å². The van der Waals surface area contributed by atoms with Gasteiger partial charge in [-0.25, -0.2) is 0 Å². The number of nitrogens with one attached hydrogen (secondary N) is 1. The minimum atomic E-state index is -0.135. The molecular weight excluding hydrogens is 332 g/mol.